The van der Waals surface area contributed by atoms with E-state index in [0.717, 1.165) is 45.2 Å². The smallest absolute Gasteiger partial charge is 0.279 e. The third-order valence-corrected chi connectivity index (χ3v) is 6.53. The maximum absolute atomic E-state index is 12.6. The molecule has 0 aromatic carbocycles. The fourth-order valence-electron chi connectivity index (χ4n) is 3.52. The predicted molar refractivity (Wildman–Crippen MR) is 86.3 cm³/mol. The first kappa shape index (κ1) is 17.2. The Balaban J connectivity index is 1.91. The summed E-state index contributed by atoms with van der Waals surface area (Å²) in [5.74, 6) is 0.898. The Bertz CT molecular complexity index is 413. The van der Waals surface area contributed by atoms with E-state index in [-0.39, 0.29) is 6.04 Å². The molecule has 0 spiro atoms. The van der Waals surface area contributed by atoms with Gasteiger partial charge in [0.1, 0.15) is 0 Å². The molecule has 1 saturated carbocycles. The van der Waals surface area contributed by atoms with Gasteiger partial charge in [0.05, 0.1) is 0 Å². The fraction of sp³-hybridized carbons (Fsp3) is 1.00. The number of hydrogen-bond donors (Lipinski definition) is 2. The number of nitrogens with one attached hydrogen (secondary N) is 2. The van der Waals surface area contributed by atoms with E-state index in [9.17, 15) is 8.42 Å². The summed E-state index contributed by atoms with van der Waals surface area (Å²) < 4.78 is 29.9. The van der Waals surface area contributed by atoms with E-state index in [1.165, 1.54) is 6.42 Å². The highest BCUT2D eigenvalue weighted by Gasteiger charge is 2.32. The summed E-state index contributed by atoms with van der Waals surface area (Å²) in [6, 6.07) is 0.123. The zero-order chi connectivity index (χ0) is 15.3. The van der Waals surface area contributed by atoms with Gasteiger partial charge in [0, 0.05) is 19.1 Å². The van der Waals surface area contributed by atoms with Crippen molar-refractivity contribution in [1.29, 1.82) is 0 Å². The number of rotatable bonds is 6. The molecule has 2 aliphatic rings. The molecule has 2 rings (SSSR count). The molecule has 0 amide bonds. The molecule has 2 fully saturated rings. The van der Waals surface area contributed by atoms with E-state index < -0.39 is 10.2 Å². The Morgan fingerprint density at radius 3 is 2.62 bits per heavy atom. The van der Waals surface area contributed by atoms with Crippen molar-refractivity contribution in [2.45, 2.75) is 58.4 Å². The molecule has 6 heteroatoms. The van der Waals surface area contributed by atoms with Gasteiger partial charge in [0.2, 0.25) is 0 Å². The molecule has 0 radical (unpaired) electrons. The summed E-state index contributed by atoms with van der Waals surface area (Å²) in [5.41, 5.74) is 0. The molecule has 5 nitrogen and oxygen atoms in total. The van der Waals surface area contributed by atoms with Crippen molar-refractivity contribution in [1.82, 2.24) is 14.3 Å². The van der Waals surface area contributed by atoms with Crippen LogP contribution in [0.3, 0.4) is 0 Å². The fourth-order valence-corrected chi connectivity index (χ4v) is 5.18. The highest BCUT2D eigenvalue weighted by atomic mass is 32.2. The molecule has 124 valence electrons. The Labute approximate surface area is 130 Å². The van der Waals surface area contributed by atoms with Crippen molar-refractivity contribution in [2.24, 2.45) is 11.8 Å². The van der Waals surface area contributed by atoms with Crippen LogP contribution < -0.4 is 10.0 Å². The first-order valence-electron chi connectivity index (χ1n) is 8.51. The average molecular weight is 317 g/mol. The van der Waals surface area contributed by atoms with Crippen LogP contribution in [0.4, 0.5) is 0 Å². The minimum atomic E-state index is -3.32. The number of hydrogen-bond acceptors (Lipinski definition) is 3. The predicted octanol–water partition coefficient (Wildman–Crippen LogP) is 1.72. The summed E-state index contributed by atoms with van der Waals surface area (Å²) in [6.07, 6.45) is 6.58. The van der Waals surface area contributed by atoms with Gasteiger partial charge < -0.3 is 5.32 Å². The molecule has 3 atom stereocenters. The van der Waals surface area contributed by atoms with Crippen LogP contribution in [-0.4, -0.2) is 44.9 Å². The number of nitrogens with zero attached hydrogens (tertiary/aromatic N) is 1. The first-order chi connectivity index (χ1) is 10.0. The molecule has 1 aliphatic carbocycles. The van der Waals surface area contributed by atoms with Crippen LogP contribution in [0.25, 0.3) is 0 Å². The third kappa shape index (κ3) is 4.91. The molecule has 2 N–H and O–H groups in total. The van der Waals surface area contributed by atoms with Crippen molar-refractivity contribution in [3.63, 3.8) is 0 Å². The van der Waals surface area contributed by atoms with Gasteiger partial charge in [0.25, 0.3) is 10.2 Å². The van der Waals surface area contributed by atoms with E-state index in [1.54, 1.807) is 4.31 Å². The Morgan fingerprint density at radius 1 is 1.14 bits per heavy atom. The molecule has 1 saturated heterocycles. The molecule has 1 heterocycles. The van der Waals surface area contributed by atoms with E-state index in [1.807, 2.05) is 0 Å². The average Bonchev–Trinajstić information content (AvgIpc) is 2.48. The van der Waals surface area contributed by atoms with Gasteiger partial charge >= 0.3 is 0 Å². The second-order valence-electron chi connectivity index (χ2n) is 6.67. The summed E-state index contributed by atoms with van der Waals surface area (Å²) in [6.45, 7) is 7.44. The molecular formula is C15H31N3O2S. The highest BCUT2D eigenvalue weighted by Crippen LogP contribution is 2.25. The standard InChI is InChI=1S/C15H31N3O2S/c1-3-16-11-14-8-6-10-18(12-14)21(19,20)17-15-9-5-4-7-13(15)2/h13-17H,3-12H2,1-2H3. The summed E-state index contributed by atoms with van der Waals surface area (Å²) >= 11 is 0. The molecular weight excluding hydrogens is 286 g/mol. The summed E-state index contributed by atoms with van der Waals surface area (Å²) in [5, 5.41) is 3.34. The van der Waals surface area contributed by atoms with Gasteiger partial charge in [0.15, 0.2) is 0 Å². The Kier molecular flexibility index (Phi) is 6.47. The van der Waals surface area contributed by atoms with Crippen LogP contribution in [0.5, 0.6) is 0 Å². The first-order valence-corrected chi connectivity index (χ1v) is 9.95. The lowest BCUT2D eigenvalue weighted by atomic mass is 9.87. The molecule has 0 bridgehead atoms. The Hall–Kier alpha value is -0.170. The lowest BCUT2D eigenvalue weighted by Crippen LogP contribution is -2.51. The van der Waals surface area contributed by atoms with E-state index >= 15 is 0 Å². The third-order valence-electron chi connectivity index (χ3n) is 4.92. The lowest BCUT2D eigenvalue weighted by molar-refractivity contribution is 0.249. The molecule has 1 aliphatic heterocycles. The zero-order valence-electron chi connectivity index (χ0n) is 13.5. The molecule has 0 aromatic heterocycles. The Morgan fingerprint density at radius 2 is 1.90 bits per heavy atom. The largest absolute Gasteiger partial charge is 0.317 e. The van der Waals surface area contributed by atoms with Crippen molar-refractivity contribution in [2.75, 3.05) is 26.2 Å². The monoisotopic (exact) mass is 317 g/mol. The second-order valence-corrected chi connectivity index (χ2v) is 8.37. The van der Waals surface area contributed by atoms with Gasteiger partial charge in [-0.05, 0) is 50.6 Å². The molecule has 0 aromatic rings. The van der Waals surface area contributed by atoms with E-state index in [0.29, 0.717) is 24.9 Å². The maximum atomic E-state index is 12.6. The van der Waals surface area contributed by atoms with Crippen LogP contribution >= 0.6 is 0 Å². The van der Waals surface area contributed by atoms with Gasteiger partial charge in [-0.3, -0.25) is 0 Å². The number of piperidine rings is 1. The highest BCUT2D eigenvalue weighted by molar-refractivity contribution is 7.87. The van der Waals surface area contributed by atoms with Gasteiger partial charge in [-0.2, -0.15) is 17.4 Å². The molecule has 3 unspecified atom stereocenters. The summed E-state index contributed by atoms with van der Waals surface area (Å²) in [4.78, 5) is 0. The van der Waals surface area contributed by atoms with Crippen molar-refractivity contribution < 1.29 is 8.42 Å². The summed E-state index contributed by atoms with van der Waals surface area (Å²) in [7, 11) is -3.32. The zero-order valence-corrected chi connectivity index (χ0v) is 14.3. The lowest BCUT2D eigenvalue weighted by Gasteiger charge is -2.35. The van der Waals surface area contributed by atoms with Crippen LogP contribution in [0.15, 0.2) is 0 Å². The van der Waals surface area contributed by atoms with Gasteiger partial charge in [-0.25, -0.2) is 0 Å². The van der Waals surface area contributed by atoms with E-state index in [4.69, 9.17) is 0 Å². The van der Waals surface area contributed by atoms with Crippen LogP contribution in [0.2, 0.25) is 0 Å². The van der Waals surface area contributed by atoms with Crippen LogP contribution in [-0.2, 0) is 10.2 Å². The topological polar surface area (TPSA) is 61.4 Å². The van der Waals surface area contributed by atoms with Crippen molar-refractivity contribution in [3.8, 4) is 0 Å². The normalized spacial score (nSPS) is 32.2. The quantitative estimate of drug-likeness (QED) is 0.784. The van der Waals surface area contributed by atoms with Crippen molar-refractivity contribution >= 4 is 10.2 Å². The van der Waals surface area contributed by atoms with Gasteiger partial charge in [-0.1, -0.05) is 26.7 Å². The van der Waals surface area contributed by atoms with Gasteiger partial charge in [-0.15, -0.1) is 0 Å². The SMILES string of the molecule is CCNCC1CCCN(S(=O)(=O)NC2CCCCC2C)C1. The van der Waals surface area contributed by atoms with Crippen LogP contribution in [0, 0.1) is 11.8 Å². The van der Waals surface area contributed by atoms with E-state index in [2.05, 4.69) is 23.9 Å². The second kappa shape index (κ2) is 7.90. The maximum Gasteiger partial charge on any atom is 0.279 e. The van der Waals surface area contributed by atoms with Crippen molar-refractivity contribution in [3.05, 3.63) is 0 Å². The minimum absolute atomic E-state index is 0.123. The minimum Gasteiger partial charge on any atom is -0.317 e. The molecule has 21 heavy (non-hydrogen) atoms. The van der Waals surface area contributed by atoms with Crippen LogP contribution in [0.1, 0.15) is 52.4 Å².